The predicted molar refractivity (Wildman–Crippen MR) is 175 cm³/mol. The summed E-state index contributed by atoms with van der Waals surface area (Å²) in [6.45, 7) is 2.18. The van der Waals surface area contributed by atoms with Gasteiger partial charge in [0.25, 0.3) is 0 Å². The Morgan fingerprint density at radius 3 is 1.83 bits per heavy atom. The molecule has 10 rings (SSSR count). The van der Waals surface area contributed by atoms with Crippen LogP contribution in [-0.2, 0) is 5.41 Å². The molecule has 1 nitrogen and oxygen atoms in total. The van der Waals surface area contributed by atoms with E-state index >= 15 is 0 Å². The summed E-state index contributed by atoms with van der Waals surface area (Å²) in [6.07, 6.45) is 8.75. The molecule has 1 aromatic heterocycles. The highest BCUT2D eigenvalue weighted by Gasteiger charge is 2.51. The summed E-state index contributed by atoms with van der Waals surface area (Å²) >= 11 is 0. The Kier molecular flexibility index (Phi) is 5.37. The van der Waals surface area contributed by atoms with Crippen molar-refractivity contribution in [1.29, 1.82) is 0 Å². The second-order valence-electron chi connectivity index (χ2n) is 13.7. The molecule has 0 atom stereocenters. The molecule has 206 valence electrons. The van der Waals surface area contributed by atoms with Crippen molar-refractivity contribution in [3.8, 4) is 33.4 Å². The van der Waals surface area contributed by atoms with Crippen LogP contribution >= 0.6 is 0 Å². The van der Waals surface area contributed by atoms with Crippen molar-refractivity contribution < 1.29 is 4.42 Å². The second-order valence-corrected chi connectivity index (χ2v) is 13.7. The van der Waals surface area contributed by atoms with Crippen LogP contribution in [-0.4, -0.2) is 0 Å². The van der Waals surface area contributed by atoms with Crippen LogP contribution in [0.4, 0.5) is 0 Å². The Labute approximate surface area is 248 Å². The van der Waals surface area contributed by atoms with Crippen LogP contribution in [0.5, 0.6) is 0 Å². The van der Waals surface area contributed by atoms with Gasteiger partial charge in [0.15, 0.2) is 0 Å². The molecule has 1 heteroatoms. The summed E-state index contributed by atoms with van der Waals surface area (Å²) < 4.78 is 6.51. The summed E-state index contributed by atoms with van der Waals surface area (Å²) in [4.78, 5) is 0. The van der Waals surface area contributed by atoms with Gasteiger partial charge in [-0.2, -0.15) is 0 Å². The number of hydrogen-bond acceptors (Lipinski definition) is 1. The van der Waals surface area contributed by atoms with Gasteiger partial charge < -0.3 is 4.42 Å². The maximum Gasteiger partial charge on any atom is 0.138 e. The van der Waals surface area contributed by atoms with Gasteiger partial charge in [-0.25, -0.2) is 0 Å². The first-order valence-electron chi connectivity index (χ1n) is 15.8. The highest BCUT2D eigenvalue weighted by molar-refractivity contribution is 6.08. The lowest BCUT2D eigenvalue weighted by Crippen LogP contribution is -2.48. The molecule has 0 radical (unpaired) electrons. The fourth-order valence-corrected chi connectivity index (χ4v) is 9.38. The van der Waals surface area contributed by atoms with Gasteiger partial charge in [-0.1, -0.05) is 78.9 Å². The first kappa shape index (κ1) is 24.5. The minimum absolute atomic E-state index is 0.451. The smallest absolute Gasteiger partial charge is 0.138 e. The van der Waals surface area contributed by atoms with Crippen LogP contribution in [0.2, 0.25) is 0 Å². The fraction of sp³-hybridized carbons (Fsp3) is 0.268. The van der Waals surface area contributed by atoms with Gasteiger partial charge in [0.05, 0.1) is 0 Å². The monoisotopic (exact) mass is 544 g/mol. The number of benzene rings is 5. The third-order valence-electron chi connectivity index (χ3n) is 10.9. The van der Waals surface area contributed by atoms with E-state index in [0.29, 0.717) is 5.41 Å². The van der Waals surface area contributed by atoms with E-state index in [1.807, 2.05) is 0 Å². The number of hydrogen-bond donors (Lipinski definition) is 0. The van der Waals surface area contributed by atoms with Crippen LogP contribution in [0, 0.1) is 24.7 Å². The van der Waals surface area contributed by atoms with Crippen LogP contribution < -0.4 is 0 Å². The summed E-state index contributed by atoms with van der Waals surface area (Å²) in [5.41, 5.74) is 12.6. The molecule has 42 heavy (non-hydrogen) atoms. The standard InChI is InChI=1S/C41H36O/c1-26-16-35(31-10-13-36(14-11-31)41-23-27-17-28(24-41)19-29(18-27)25-41)21-38-37-15-12-34(22-39(37)42-40(26)38)33-9-5-8-32(20-33)30-6-3-2-4-7-30/h2-16,20-22,27-29H,17-19,23-25H2,1H3. The van der Waals surface area contributed by atoms with Gasteiger partial charge in [0.2, 0.25) is 0 Å². The van der Waals surface area contributed by atoms with Gasteiger partial charge in [0.1, 0.15) is 11.2 Å². The van der Waals surface area contributed by atoms with Gasteiger partial charge in [-0.15, -0.1) is 0 Å². The van der Waals surface area contributed by atoms with Crippen molar-refractivity contribution in [2.24, 2.45) is 17.8 Å². The van der Waals surface area contributed by atoms with E-state index in [0.717, 1.165) is 28.9 Å². The Balaban J connectivity index is 1.06. The zero-order chi connectivity index (χ0) is 27.8. The maximum atomic E-state index is 6.51. The van der Waals surface area contributed by atoms with E-state index in [4.69, 9.17) is 4.42 Å². The molecule has 4 saturated carbocycles. The van der Waals surface area contributed by atoms with Gasteiger partial charge in [-0.05, 0) is 143 Å². The minimum atomic E-state index is 0.451. The lowest BCUT2D eigenvalue weighted by molar-refractivity contribution is -0.00518. The van der Waals surface area contributed by atoms with Crippen molar-refractivity contribution in [1.82, 2.24) is 0 Å². The molecule has 0 spiro atoms. The predicted octanol–water partition coefficient (Wildman–Crippen LogP) is 11.4. The number of aryl methyl sites for hydroxylation is 1. The molecule has 5 aromatic carbocycles. The van der Waals surface area contributed by atoms with Crippen molar-refractivity contribution in [3.05, 3.63) is 120 Å². The van der Waals surface area contributed by atoms with E-state index < -0.39 is 0 Å². The average molecular weight is 545 g/mol. The topological polar surface area (TPSA) is 13.1 Å². The average Bonchev–Trinajstić information content (AvgIpc) is 3.40. The molecule has 4 bridgehead atoms. The second kappa shape index (κ2) is 9.20. The van der Waals surface area contributed by atoms with Crippen LogP contribution in [0.25, 0.3) is 55.3 Å². The molecule has 0 N–H and O–H groups in total. The van der Waals surface area contributed by atoms with Gasteiger partial charge in [-0.3, -0.25) is 0 Å². The number of fused-ring (bicyclic) bond motifs is 3. The molecule has 0 amide bonds. The van der Waals surface area contributed by atoms with Crippen molar-refractivity contribution in [2.75, 3.05) is 0 Å². The first-order chi connectivity index (χ1) is 20.6. The maximum absolute atomic E-state index is 6.51. The SMILES string of the molecule is Cc1cc(-c2ccc(C34CC5CC(CC(C5)C3)C4)cc2)cc2c1oc1cc(-c3cccc(-c4ccccc4)c3)ccc12. The summed E-state index contributed by atoms with van der Waals surface area (Å²) in [7, 11) is 0. The van der Waals surface area contributed by atoms with Crippen LogP contribution in [0.3, 0.4) is 0 Å². The summed E-state index contributed by atoms with van der Waals surface area (Å²) in [5, 5.41) is 2.39. The van der Waals surface area contributed by atoms with E-state index in [2.05, 4.69) is 116 Å². The highest BCUT2D eigenvalue weighted by atomic mass is 16.3. The minimum Gasteiger partial charge on any atom is -0.456 e. The Hall–Kier alpha value is -4.10. The van der Waals surface area contributed by atoms with Crippen LogP contribution in [0.1, 0.15) is 49.7 Å². The Morgan fingerprint density at radius 1 is 0.524 bits per heavy atom. The van der Waals surface area contributed by atoms with Crippen molar-refractivity contribution in [3.63, 3.8) is 0 Å². The third-order valence-corrected chi connectivity index (χ3v) is 10.9. The fourth-order valence-electron chi connectivity index (χ4n) is 9.38. The molecule has 0 aliphatic heterocycles. The van der Waals surface area contributed by atoms with E-state index in [-0.39, 0.29) is 0 Å². The molecule has 6 aromatic rings. The molecule has 4 aliphatic carbocycles. The largest absolute Gasteiger partial charge is 0.456 e. The Morgan fingerprint density at radius 2 is 1.12 bits per heavy atom. The lowest BCUT2D eigenvalue weighted by Gasteiger charge is -2.57. The van der Waals surface area contributed by atoms with E-state index in [1.54, 1.807) is 5.56 Å². The van der Waals surface area contributed by atoms with Gasteiger partial charge in [0, 0.05) is 10.8 Å². The molecular formula is C41H36O. The zero-order valence-corrected chi connectivity index (χ0v) is 24.3. The first-order valence-corrected chi connectivity index (χ1v) is 15.8. The molecule has 4 fully saturated rings. The Bertz CT molecular complexity index is 1920. The number of furan rings is 1. The van der Waals surface area contributed by atoms with Gasteiger partial charge >= 0.3 is 0 Å². The summed E-state index contributed by atoms with van der Waals surface area (Å²) in [6, 6.07) is 40.4. The molecule has 1 heterocycles. The van der Waals surface area contributed by atoms with Crippen molar-refractivity contribution in [2.45, 2.75) is 50.9 Å². The normalized spacial score (nSPS) is 24.5. The quantitative estimate of drug-likeness (QED) is 0.215. The molecule has 4 aliphatic rings. The van der Waals surface area contributed by atoms with E-state index in [9.17, 15) is 0 Å². The van der Waals surface area contributed by atoms with E-state index in [1.165, 1.54) is 88.2 Å². The highest BCUT2D eigenvalue weighted by Crippen LogP contribution is 2.60. The number of rotatable bonds is 4. The lowest BCUT2D eigenvalue weighted by atomic mass is 9.48. The molecule has 0 unspecified atom stereocenters. The van der Waals surface area contributed by atoms with Crippen molar-refractivity contribution >= 4 is 21.9 Å². The van der Waals surface area contributed by atoms with Crippen LogP contribution in [0.15, 0.2) is 114 Å². The zero-order valence-electron chi connectivity index (χ0n) is 24.3. The third kappa shape index (κ3) is 3.90. The molecular weight excluding hydrogens is 508 g/mol. The summed E-state index contributed by atoms with van der Waals surface area (Å²) in [5.74, 6) is 2.93. The molecule has 0 saturated heterocycles.